The van der Waals surface area contributed by atoms with E-state index in [1.54, 1.807) is 31.7 Å². The lowest BCUT2D eigenvalue weighted by Gasteiger charge is -2.19. The fourth-order valence-corrected chi connectivity index (χ4v) is 1.98. The highest BCUT2D eigenvalue weighted by Crippen LogP contribution is 2.17. The van der Waals surface area contributed by atoms with Gasteiger partial charge in [0.2, 0.25) is 5.43 Å². The van der Waals surface area contributed by atoms with E-state index in [9.17, 15) is 4.79 Å². The molecule has 2 N–H and O–H groups in total. The number of methoxy groups -OCH3 is 1. The van der Waals surface area contributed by atoms with Crippen molar-refractivity contribution < 1.29 is 4.74 Å². The lowest BCUT2D eigenvalue weighted by Crippen LogP contribution is -2.37. The van der Waals surface area contributed by atoms with Crippen molar-refractivity contribution in [1.82, 2.24) is 9.78 Å². The first-order valence-corrected chi connectivity index (χ1v) is 6.37. The number of hydrogen-bond acceptors (Lipinski definition) is 4. The van der Waals surface area contributed by atoms with E-state index in [1.807, 2.05) is 31.2 Å². The molecule has 0 spiro atoms. The van der Waals surface area contributed by atoms with Crippen molar-refractivity contribution >= 4 is 0 Å². The largest absolute Gasteiger partial charge is 0.497 e. The molecular weight excluding hydrogens is 254 g/mol. The molecule has 0 unspecified atom stereocenters. The predicted molar refractivity (Wildman–Crippen MR) is 78.3 cm³/mol. The summed E-state index contributed by atoms with van der Waals surface area (Å²) in [5.74, 6) is 0.770. The van der Waals surface area contributed by atoms with E-state index in [2.05, 4.69) is 5.10 Å². The molecule has 0 aliphatic rings. The molecule has 5 heteroatoms. The minimum atomic E-state index is -0.779. The third kappa shape index (κ3) is 2.72. The molecule has 0 radical (unpaired) electrons. The Balaban J connectivity index is 2.58. The van der Waals surface area contributed by atoms with Gasteiger partial charge in [-0.2, -0.15) is 5.10 Å². The fourth-order valence-electron chi connectivity index (χ4n) is 1.98. The van der Waals surface area contributed by atoms with E-state index in [1.165, 1.54) is 0 Å². The van der Waals surface area contributed by atoms with Crippen LogP contribution in [0.1, 0.15) is 25.2 Å². The van der Waals surface area contributed by atoms with Crippen molar-refractivity contribution in [2.24, 2.45) is 5.73 Å². The number of aromatic nitrogens is 2. The highest BCUT2D eigenvalue weighted by Gasteiger charge is 2.21. The first-order valence-electron chi connectivity index (χ1n) is 6.37. The summed E-state index contributed by atoms with van der Waals surface area (Å²) in [5.41, 5.74) is 7.05. The second kappa shape index (κ2) is 5.09. The normalized spacial score (nSPS) is 11.4. The topological polar surface area (TPSA) is 70.1 Å². The van der Waals surface area contributed by atoms with Gasteiger partial charge in [-0.1, -0.05) is 0 Å². The van der Waals surface area contributed by atoms with E-state index in [0.29, 0.717) is 5.69 Å². The zero-order valence-corrected chi connectivity index (χ0v) is 12.2. The van der Waals surface area contributed by atoms with E-state index >= 15 is 0 Å². The van der Waals surface area contributed by atoms with Crippen LogP contribution in [0.25, 0.3) is 5.69 Å². The summed E-state index contributed by atoms with van der Waals surface area (Å²) in [4.78, 5) is 12.0. The Hall–Kier alpha value is -2.14. The lowest BCUT2D eigenvalue weighted by molar-refractivity contribution is 0.414. The monoisotopic (exact) mass is 273 g/mol. The van der Waals surface area contributed by atoms with Crippen LogP contribution in [0.3, 0.4) is 0 Å². The Labute approximate surface area is 118 Å². The number of nitrogens with zero attached hydrogens (tertiary/aromatic N) is 2. The van der Waals surface area contributed by atoms with Gasteiger partial charge in [-0.3, -0.25) is 4.79 Å². The van der Waals surface area contributed by atoms with Crippen LogP contribution in [0.5, 0.6) is 5.75 Å². The standard InChI is InChI=1S/C15H19N3O2/c1-10-9-13(19)14(15(2,3)16)17-18(10)11-5-7-12(20-4)8-6-11/h5-9H,16H2,1-4H3. The third-order valence-corrected chi connectivity index (χ3v) is 3.03. The summed E-state index contributed by atoms with van der Waals surface area (Å²) in [6, 6.07) is 9.03. The zero-order valence-electron chi connectivity index (χ0n) is 12.2. The average Bonchev–Trinajstić information content (AvgIpc) is 2.37. The maximum atomic E-state index is 12.0. The van der Waals surface area contributed by atoms with E-state index < -0.39 is 5.54 Å². The minimum absolute atomic E-state index is 0.139. The van der Waals surface area contributed by atoms with Crippen LogP contribution >= 0.6 is 0 Å². The molecule has 1 aromatic carbocycles. The van der Waals surface area contributed by atoms with Crippen molar-refractivity contribution in [2.75, 3.05) is 7.11 Å². The van der Waals surface area contributed by atoms with Crippen molar-refractivity contribution in [3.63, 3.8) is 0 Å². The summed E-state index contributed by atoms with van der Waals surface area (Å²) < 4.78 is 6.85. The van der Waals surface area contributed by atoms with Crippen LogP contribution in [0.15, 0.2) is 35.1 Å². The molecule has 5 nitrogen and oxygen atoms in total. The summed E-state index contributed by atoms with van der Waals surface area (Å²) in [5, 5.41) is 4.41. The predicted octanol–water partition coefficient (Wildman–Crippen LogP) is 1.74. The number of benzene rings is 1. The van der Waals surface area contributed by atoms with E-state index in [-0.39, 0.29) is 5.43 Å². The van der Waals surface area contributed by atoms with Gasteiger partial charge in [-0.15, -0.1) is 0 Å². The molecule has 2 aromatic rings. The number of aryl methyl sites for hydroxylation is 1. The van der Waals surface area contributed by atoms with E-state index in [0.717, 1.165) is 17.1 Å². The highest BCUT2D eigenvalue weighted by atomic mass is 16.5. The van der Waals surface area contributed by atoms with Gasteiger partial charge in [-0.05, 0) is 45.0 Å². The second-order valence-electron chi connectivity index (χ2n) is 5.33. The van der Waals surface area contributed by atoms with Gasteiger partial charge < -0.3 is 10.5 Å². The molecule has 0 aliphatic heterocycles. The summed E-state index contributed by atoms with van der Waals surface area (Å²) in [6.45, 7) is 5.38. The molecular formula is C15H19N3O2. The molecule has 1 heterocycles. The Morgan fingerprint density at radius 2 is 1.85 bits per heavy atom. The summed E-state index contributed by atoms with van der Waals surface area (Å²) >= 11 is 0. The number of ether oxygens (including phenoxy) is 1. The van der Waals surface area contributed by atoms with Crippen LogP contribution in [-0.4, -0.2) is 16.9 Å². The third-order valence-electron chi connectivity index (χ3n) is 3.03. The van der Waals surface area contributed by atoms with Crippen molar-refractivity contribution in [2.45, 2.75) is 26.3 Å². The Bertz CT molecular complexity index is 667. The molecule has 0 saturated heterocycles. The van der Waals surface area contributed by atoms with Crippen LogP contribution in [0.2, 0.25) is 0 Å². The minimum Gasteiger partial charge on any atom is -0.497 e. The quantitative estimate of drug-likeness (QED) is 0.924. The fraction of sp³-hybridized carbons (Fsp3) is 0.333. The summed E-state index contributed by atoms with van der Waals surface area (Å²) in [6.07, 6.45) is 0. The number of rotatable bonds is 3. The molecule has 106 valence electrons. The van der Waals surface area contributed by atoms with Crippen LogP contribution in [0, 0.1) is 6.92 Å². The zero-order chi connectivity index (χ0) is 14.9. The molecule has 1 aromatic heterocycles. The number of hydrogen-bond donors (Lipinski definition) is 1. The SMILES string of the molecule is COc1ccc(-n2nc(C(C)(C)N)c(=O)cc2C)cc1. The summed E-state index contributed by atoms with van der Waals surface area (Å²) in [7, 11) is 1.62. The molecule has 0 fully saturated rings. The van der Waals surface area contributed by atoms with Crippen LogP contribution < -0.4 is 15.9 Å². The Kier molecular flexibility index (Phi) is 3.63. The highest BCUT2D eigenvalue weighted by molar-refractivity contribution is 5.38. The second-order valence-corrected chi connectivity index (χ2v) is 5.33. The maximum Gasteiger partial charge on any atom is 0.205 e. The van der Waals surface area contributed by atoms with Crippen molar-refractivity contribution in [3.8, 4) is 11.4 Å². The van der Waals surface area contributed by atoms with Gasteiger partial charge in [0.05, 0.1) is 18.3 Å². The van der Waals surface area contributed by atoms with Gasteiger partial charge in [0.25, 0.3) is 0 Å². The van der Waals surface area contributed by atoms with Crippen molar-refractivity contribution in [1.29, 1.82) is 0 Å². The van der Waals surface area contributed by atoms with Crippen molar-refractivity contribution in [3.05, 3.63) is 51.9 Å². The lowest BCUT2D eigenvalue weighted by atomic mass is 10.0. The Morgan fingerprint density at radius 3 is 2.35 bits per heavy atom. The van der Waals surface area contributed by atoms with Crippen LogP contribution in [0.4, 0.5) is 0 Å². The molecule has 0 aliphatic carbocycles. The molecule has 0 saturated carbocycles. The van der Waals surface area contributed by atoms with Gasteiger partial charge >= 0.3 is 0 Å². The van der Waals surface area contributed by atoms with Gasteiger partial charge in [-0.25, -0.2) is 4.68 Å². The average molecular weight is 273 g/mol. The molecule has 2 rings (SSSR count). The van der Waals surface area contributed by atoms with Gasteiger partial charge in [0, 0.05) is 11.8 Å². The Morgan fingerprint density at radius 1 is 1.25 bits per heavy atom. The number of nitrogens with two attached hydrogens (primary N) is 1. The molecule has 0 amide bonds. The van der Waals surface area contributed by atoms with E-state index in [4.69, 9.17) is 10.5 Å². The van der Waals surface area contributed by atoms with Gasteiger partial charge in [0.15, 0.2) is 0 Å². The first kappa shape index (κ1) is 14.3. The molecule has 0 atom stereocenters. The molecule has 20 heavy (non-hydrogen) atoms. The first-order chi connectivity index (χ1) is 9.32. The van der Waals surface area contributed by atoms with Crippen LogP contribution in [-0.2, 0) is 5.54 Å². The smallest absolute Gasteiger partial charge is 0.205 e. The molecule has 0 bridgehead atoms. The van der Waals surface area contributed by atoms with Gasteiger partial charge in [0.1, 0.15) is 11.4 Å². The maximum absolute atomic E-state index is 12.0.